The van der Waals surface area contributed by atoms with Crippen molar-refractivity contribution < 1.29 is 19.4 Å². The van der Waals surface area contributed by atoms with Crippen molar-refractivity contribution in [2.45, 2.75) is 26.2 Å². The van der Waals surface area contributed by atoms with E-state index in [-0.39, 0.29) is 6.54 Å². The Bertz CT molecular complexity index is 494. The lowest BCUT2D eigenvalue weighted by Gasteiger charge is -2.27. The van der Waals surface area contributed by atoms with Crippen molar-refractivity contribution in [3.63, 3.8) is 0 Å². The molecule has 0 spiro atoms. The molecule has 0 bridgehead atoms. The lowest BCUT2D eigenvalue weighted by Crippen LogP contribution is -2.40. The van der Waals surface area contributed by atoms with Gasteiger partial charge in [0, 0.05) is 17.5 Å². The van der Waals surface area contributed by atoms with E-state index in [0.29, 0.717) is 0 Å². The number of carbonyl (C=O) groups excluding carboxylic acids is 1. The van der Waals surface area contributed by atoms with E-state index in [4.69, 9.17) is 9.84 Å². The quantitative estimate of drug-likeness (QED) is 0.809. The number of hydrogen-bond donors (Lipinski definition) is 2. The van der Waals surface area contributed by atoms with Gasteiger partial charge < -0.3 is 15.2 Å². The molecule has 5 nitrogen and oxygen atoms in total. The summed E-state index contributed by atoms with van der Waals surface area (Å²) in [5, 5.41) is 11.0. The summed E-state index contributed by atoms with van der Waals surface area (Å²) in [6, 6.07) is 5.78. The summed E-state index contributed by atoms with van der Waals surface area (Å²) in [5.41, 5.74) is 1.58. The molecule has 0 radical (unpaired) electrons. The SMILES string of the molecule is COc1ccc(C)cc1C(C)(C)CNC(=O)C(=O)O. The van der Waals surface area contributed by atoms with Crippen molar-refractivity contribution in [1.29, 1.82) is 0 Å². The third-order valence-electron chi connectivity index (χ3n) is 2.97. The van der Waals surface area contributed by atoms with Crippen LogP contribution in [0.15, 0.2) is 18.2 Å². The first-order valence-corrected chi connectivity index (χ1v) is 5.94. The van der Waals surface area contributed by atoms with Gasteiger partial charge in [0.05, 0.1) is 7.11 Å². The summed E-state index contributed by atoms with van der Waals surface area (Å²) in [4.78, 5) is 21.6. The van der Waals surface area contributed by atoms with E-state index < -0.39 is 17.3 Å². The van der Waals surface area contributed by atoms with E-state index >= 15 is 0 Å². The van der Waals surface area contributed by atoms with Gasteiger partial charge in [0.1, 0.15) is 5.75 Å². The molecule has 0 aliphatic rings. The van der Waals surface area contributed by atoms with Gasteiger partial charge in [0.2, 0.25) is 0 Å². The van der Waals surface area contributed by atoms with Crippen molar-refractivity contribution in [3.05, 3.63) is 29.3 Å². The average molecular weight is 265 g/mol. The molecule has 0 aliphatic carbocycles. The van der Waals surface area contributed by atoms with E-state index in [1.807, 2.05) is 39.0 Å². The number of methoxy groups -OCH3 is 1. The number of nitrogens with one attached hydrogen (secondary N) is 1. The predicted octanol–water partition coefficient (Wildman–Crippen LogP) is 1.48. The Morgan fingerprint density at radius 1 is 1.37 bits per heavy atom. The molecule has 0 saturated heterocycles. The number of hydrogen-bond acceptors (Lipinski definition) is 3. The van der Waals surface area contributed by atoms with Crippen LogP contribution in [0.25, 0.3) is 0 Å². The summed E-state index contributed by atoms with van der Waals surface area (Å²) in [7, 11) is 1.58. The molecule has 1 aromatic carbocycles. The number of carbonyl (C=O) groups is 2. The van der Waals surface area contributed by atoms with Crippen LogP contribution >= 0.6 is 0 Å². The molecule has 19 heavy (non-hydrogen) atoms. The molecule has 104 valence electrons. The van der Waals surface area contributed by atoms with E-state index in [2.05, 4.69) is 5.32 Å². The number of benzene rings is 1. The minimum Gasteiger partial charge on any atom is -0.496 e. The van der Waals surface area contributed by atoms with Crippen LogP contribution in [-0.2, 0) is 15.0 Å². The molecular formula is C14H19NO4. The largest absolute Gasteiger partial charge is 0.496 e. The van der Waals surface area contributed by atoms with Crippen LogP contribution in [0.4, 0.5) is 0 Å². The third kappa shape index (κ3) is 3.71. The smallest absolute Gasteiger partial charge is 0.394 e. The molecule has 0 unspecified atom stereocenters. The molecule has 5 heteroatoms. The number of aliphatic carboxylic acids is 1. The molecule has 0 aromatic heterocycles. The molecule has 0 atom stereocenters. The van der Waals surface area contributed by atoms with E-state index in [0.717, 1.165) is 16.9 Å². The fourth-order valence-electron chi connectivity index (χ4n) is 1.82. The van der Waals surface area contributed by atoms with Crippen molar-refractivity contribution >= 4 is 11.9 Å². The van der Waals surface area contributed by atoms with Crippen LogP contribution in [0.3, 0.4) is 0 Å². The highest BCUT2D eigenvalue weighted by atomic mass is 16.5. The fourth-order valence-corrected chi connectivity index (χ4v) is 1.82. The number of carboxylic acids is 1. The zero-order valence-corrected chi connectivity index (χ0v) is 11.6. The molecular weight excluding hydrogens is 246 g/mol. The highest BCUT2D eigenvalue weighted by molar-refractivity contribution is 6.31. The average Bonchev–Trinajstić information content (AvgIpc) is 2.35. The van der Waals surface area contributed by atoms with Crippen LogP contribution in [0.2, 0.25) is 0 Å². The highest BCUT2D eigenvalue weighted by Gasteiger charge is 2.26. The molecule has 0 saturated carbocycles. The van der Waals surface area contributed by atoms with E-state index in [9.17, 15) is 9.59 Å². The second kappa shape index (κ2) is 5.73. The number of rotatable bonds is 4. The molecule has 1 amide bonds. The summed E-state index contributed by atoms with van der Waals surface area (Å²) in [6.45, 7) is 6.03. The Balaban J connectivity index is 2.96. The third-order valence-corrected chi connectivity index (χ3v) is 2.97. The normalized spacial score (nSPS) is 10.9. The molecule has 0 aliphatic heterocycles. The number of ether oxygens (including phenoxy) is 1. The number of carboxylic acid groups (broad SMARTS) is 1. The molecule has 2 N–H and O–H groups in total. The van der Waals surface area contributed by atoms with Crippen LogP contribution in [0.5, 0.6) is 5.75 Å². The van der Waals surface area contributed by atoms with Gasteiger partial charge in [-0.25, -0.2) is 4.79 Å². The van der Waals surface area contributed by atoms with Gasteiger partial charge in [-0.2, -0.15) is 0 Å². The Kier molecular flexibility index (Phi) is 4.53. The monoisotopic (exact) mass is 265 g/mol. The van der Waals surface area contributed by atoms with Gasteiger partial charge in [-0.05, 0) is 13.0 Å². The van der Waals surface area contributed by atoms with Crippen molar-refractivity contribution in [2.24, 2.45) is 0 Å². The second-order valence-electron chi connectivity index (χ2n) is 5.08. The standard InChI is InChI=1S/C14H19NO4/c1-9-5-6-11(19-4)10(7-9)14(2,3)8-15-12(16)13(17)18/h5-7H,8H2,1-4H3,(H,15,16)(H,17,18). The summed E-state index contributed by atoms with van der Waals surface area (Å²) in [6.07, 6.45) is 0. The minimum absolute atomic E-state index is 0.220. The fraction of sp³-hybridized carbons (Fsp3) is 0.429. The predicted molar refractivity (Wildman–Crippen MR) is 71.4 cm³/mol. The molecule has 1 aromatic rings. The van der Waals surface area contributed by atoms with Crippen LogP contribution in [-0.4, -0.2) is 30.6 Å². The van der Waals surface area contributed by atoms with Crippen molar-refractivity contribution in [2.75, 3.05) is 13.7 Å². The summed E-state index contributed by atoms with van der Waals surface area (Å²) >= 11 is 0. The number of aryl methyl sites for hydroxylation is 1. The van der Waals surface area contributed by atoms with Gasteiger partial charge in [0.25, 0.3) is 0 Å². The molecule has 1 rings (SSSR count). The van der Waals surface area contributed by atoms with Gasteiger partial charge >= 0.3 is 11.9 Å². The van der Waals surface area contributed by atoms with Gasteiger partial charge in [0.15, 0.2) is 0 Å². The van der Waals surface area contributed by atoms with Gasteiger partial charge in [-0.3, -0.25) is 4.79 Å². The number of amides is 1. The minimum atomic E-state index is -1.48. The lowest BCUT2D eigenvalue weighted by molar-refractivity contribution is -0.150. The van der Waals surface area contributed by atoms with Crippen LogP contribution < -0.4 is 10.1 Å². The maximum Gasteiger partial charge on any atom is 0.394 e. The van der Waals surface area contributed by atoms with Gasteiger partial charge in [-0.1, -0.05) is 31.5 Å². The summed E-state index contributed by atoms with van der Waals surface area (Å²) < 4.78 is 5.31. The maximum atomic E-state index is 11.1. The zero-order valence-electron chi connectivity index (χ0n) is 11.6. The Morgan fingerprint density at radius 3 is 2.53 bits per heavy atom. The van der Waals surface area contributed by atoms with E-state index in [1.54, 1.807) is 7.11 Å². The summed E-state index contributed by atoms with van der Waals surface area (Å²) in [5.74, 6) is -1.76. The van der Waals surface area contributed by atoms with E-state index in [1.165, 1.54) is 0 Å². The Labute approximate surface area is 112 Å². The highest BCUT2D eigenvalue weighted by Crippen LogP contribution is 2.31. The lowest BCUT2D eigenvalue weighted by atomic mass is 9.83. The first-order chi connectivity index (χ1) is 8.77. The van der Waals surface area contributed by atoms with Crippen molar-refractivity contribution in [3.8, 4) is 5.75 Å². The van der Waals surface area contributed by atoms with Crippen LogP contribution in [0.1, 0.15) is 25.0 Å². The second-order valence-corrected chi connectivity index (χ2v) is 5.08. The van der Waals surface area contributed by atoms with Crippen LogP contribution in [0, 0.1) is 6.92 Å². The Hall–Kier alpha value is -2.04. The molecule has 0 fully saturated rings. The topological polar surface area (TPSA) is 75.6 Å². The van der Waals surface area contributed by atoms with Gasteiger partial charge in [-0.15, -0.1) is 0 Å². The Morgan fingerprint density at radius 2 is 2.00 bits per heavy atom. The zero-order chi connectivity index (χ0) is 14.6. The maximum absolute atomic E-state index is 11.1. The first kappa shape index (κ1) is 15.0. The first-order valence-electron chi connectivity index (χ1n) is 5.94. The van der Waals surface area contributed by atoms with Crippen molar-refractivity contribution in [1.82, 2.24) is 5.32 Å². The molecule has 0 heterocycles.